The number of rotatable bonds is 4. The van der Waals surface area contributed by atoms with Gasteiger partial charge in [0.2, 0.25) is 0 Å². The molecule has 0 saturated carbocycles. The van der Waals surface area contributed by atoms with Crippen molar-refractivity contribution in [1.29, 1.82) is 0 Å². The molecule has 2 heterocycles. The monoisotopic (exact) mass is 642 g/mol. The highest BCUT2D eigenvalue weighted by Crippen LogP contribution is 2.42. The van der Waals surface area contributed by atoms with Crippen LogP contribution in [0.5, 0.6) is 0 Å². The number of benzene rings is 5. The fourth-order valence-corrected chi connectivity index (χ4v) is 5.94. The van der Waals surface area contributed by atoms with E-state index in [1.165, 1.54) is 0 Å². The quantitative estimate of drug-likeness (QED) is 0.192. The van der Waals surface area contributed by atoms with Crippen LogP contribution in [0.3, 0.4) is 0 Å². The summed E-state index contributed by atoms with van der Waals surface area (Å²) >= 11 is 7.76. The lowest BCUT2D eigenvalue weighted by atomic mass is 9.99. The first kappa shape index (κ1) is 24.8. The van der Waals surface area contributed by atoms with Crippen molar-refractivity contribution in [3.8, 4) is 45.0 Å². The molecule has 6 heteroatoms. The minimum atomic E-state index is 0.803. The highest BCUT2D eigenvalue weighted by Gasteiger charge is 2.21. The normalized spacial score (nSPS) is 11.2. The first-order valence-electron chi connectivity index (χ1n) is 12.8. The molecule has 0 amide bonds. The summed E-state index contributed by atoms with van der Waals surface area (Å²) in [7, 11) is 0. The summed E-state index contributed by atoms with van der Waals surface area (Å²) in [5.41, 5.74) is 10.5. The molecule has 0 fully saturated rings. The van der Waals surface area contributed by atoms with Crippen LogP contribution in [-0.2, 0) is 0 Å². The molecule has 4 nitrogen and oxygen atoms in total. The number of hydrogen-bond donors (Lipinski definition) is 0. The Bertz CT molecular complexity index is 1880. The van der Waals surface area contributed by atoms with Crippen LogP contribution in [0.2, 0.25) is 0 Å². The van der Waals surface area contributed by atoms with Gasteiger partial charge >= 0.3 is 0 Å². The molecule has 5 aromatic carbocycles. The summed E-state index contributed by atoms with van der Waals surface area (Å²) < 4.78 is 1.78. The number of halogens is 2. The molecular weight excluding hydrogens is 624 g/mol. The molecule has 2 aromatic heterocycles. The minimum absolute atomic E-state index is 0.803. The lowest BCUT2D eigenvalue weighted by molar-refractivity contribution is 1.27. The summed E-state index contributed by atoms with van der Waals surface area (Å²) in [5.74, 6) is 0. The van der Waals surface area contributed by atoms with Crippen molar-refractivity contribution in [2.24, 2.45) is 0 Å². The predicted molar refractivity (Wildman–Crippen MR) is 170 cm³/mol. The Balaban J connectivity index is 1.46. The SMILES string of the molecule is Brc1cc(-c2nc3ccccc3nc2-c2ccccc2)c(Br)cc1-c1nc2ccccc2nc1-c1ccccc1. The Morgan fingerprint density at radius 3 is 1.00 bits per heavy atom. The van der Waals surface area contributed by atoms with E-state index in [-0.39, 0.29) is 0 Å². The third-order valence-corrected chi connectivity index (χ3v) is 8.11. The van der Waals surface area contributed by atoms with Crippen molar-refractivity contribution in [2.45, 2.75) is 0 Å². The Labute approximate surface area is 248 Å². The van der Waals surface area contributed by atoms with Crippen LogP contribution in [0.4, 0.5) is 0 Å². The molecule has 0 atom stereocenters. The van der Waals surface area contributed by atoms with Crippen molar-refractivity contribution in [2.75, 3.05) is 0 Å². The maximum absolute atomic E-state index is 5.09. The Kier molecular flexibility index (Phi) is 6.42. The molecule has 0 aliphatic heterocycles. The summed E-state index contributed by atoms with van der Waals surface area (Å²) in [5, 5.41) is 0. The fourth-order valence-electron chi connectivity index (χ4n) is 4.88. The molecule has 7 aromatic rings. The van der Waals surface area contributed by atoms with Gasteiger partial charge in [0.15, 0.2) is 0 Å². The van der Waals surface area contributed by atoms with E-state index in [0.29, 0.717) is 0 Å². The Morgan fingerprint density at radius 2 is 0.650 bits per heavy atom. The van der Waals surface area contributed by atoms with Crippen molar-refractivity contribution in [3.63, 3.8) is 0 Å². The lowest BCUT2D eigenvalue weighted by Crippen LogP contribution is -1.98. The summed E-state index contributed by atoms with van der Waals surface area (Å²) in [6.45, 7) is 0. The molecule has 0 N–H and O–H groups in total. The number of nitrogens with zero attached hydrogens (tertiary/aromatic N) is 4. The van der Waals surface area contributed by atoms with Gasteiger partial charge in [0.25, 0.3) is 0 Å². The van der Waals surface area contributed by atoms with E-state index < -0.39 is 0 Å². The number of hydrogen-bond acceptors (Lipinski definition) is 4. The van der Waals surface area contributed by atoms with E-state index in [9.17, 15) is 0 Å². The first-order chi connectivity index (χ1) is 19.7. The highest BCUT2D eigenvalue weighted by atomic mass is 79.9. The Morgan fingerprint density at radius 1 is 0.350 bits per heavy atom. The second kappa shape index (κ2) is 10.4. The summed E-state index contributed by atoms with van der Waals surface area (Å²) in [6.07, 6.45) is 0. The molecule has 0 radical (unpaired) electrons. The summed E-state index contributed by atoms with van der Waals surface area (Å²) in [4.78, 5) is 20.3. The zero-order valence-corrected chi connectivity index (χ0v) is 24.3. The van der Waals surface area contributed by atoms with Gasteiger partial charge in [-0.15, -0.1) is 0 Å². The van der Waals surface area contributed by atoms with Gasteiger partial charge in [0.05, 0.1) is 44.8 Å². The van der Waals surface area contributed by atoms with Gasteiger partial charge in [0, 0.05) is 31.2 Å². The van der Waals surface area contributed by atoms with E-state index in [2.05, 4.69) is 68.3 Å². The van der Waals surface area contributed by atoms with E-state index in [4.69, 9.17) is 19.9 Å². The van der Waals surface area contributed by atoms with Crippen LogP contribution in [0, 0.1) is 0 Å². The van der Waals surface area contributed by atoms with Crippen LogP contribution in [0.1, 0.15) is 0 Å². The molecular formula is C34H20Br2N4. The van der Waals surface area contributed by atoms with E-state index >= 15 is 0 Å². The third-order valence-electron chi connectivity index (χ3n) is 6.80. The largest absolute Gasteiger partial charge is 0.244 e. The molecule has 0 bridgehead atoms. The van der Waals surface area contributed by atoms with Gasteiger partial charge in [0.1, 0.15) is 0 Å². The van der Waals surface area contributed by atoms with Gasteiger partial charge in [-0.25, -0.2) is 19.9 Å². The molecule has 0 spiro atoms. The average Bonchev–Trinajstić information content (AvgIpc) is 3.01. The van der Waals surface area contributed by atoms with Gasteiger partial charge in [-0.1, -0.05) is 117 Å². The molecule has 0 aliphatic carbocycles. The second-order valence-electron chi connectivity index (χ2n) is 9.36. The van der Waals surface area contributed by atoms with Crippen LogP contribution >= 0.6 is 31.9 Å². The molecule has 7 rings (SSSR count). The van der Waals surface area contributed by atoms with Crippen LogP contribution < -0.4 is 0 Å². The zero-order chi connectivity index (χ0) is 27.1. The Hall–Kier alpha value is -4.26. The maximum atomic E-state index is 5.09. The highest BCUT2D eigenvalue weighted by molar-refractivity contribution is 9.11. The van der Waals surface area contributed by atoms with Crippen molar-refractivity contribution >= 4 is 53.9 Å². The first-order valence-corrected chi connectivity index (χ1v) is 14.4. The van der Waals surface area contributed by atoms with Gasteiger partial charge in [-0.05, 0) is 36.4 Å². The molecule has 40 heavy (non-hydrogen) atoms. The van der Waals surface area contributed by atoms with Gasteiger partial charge < -0.3 is 0 Å². The van der Waals surface area contributed by atoms with Crippen molar-refractivity contribution in [3.05, 3.63) is 130 Å². The molecule has 0 saturated heterocycles. The van der Waals surface area contributed by atoms with Crippen LogP contribution in [-0.4, -0.2) is 19.9 Å². The topological polar surface area (TPSA) is 51.6 Å². The average molecular weight is 644 g/mol. The van der Waals surface area contributed by atoms with E-state index in [1.807, 2.05) is 84.9 Å². The smallest absolute Gasteiger partial charge is 0.0984 e. The number of para-hydroxylation sites is 4. The number of fused-ring (bicyclic) bond motifs is 2. The lowest BCUT2D eigenvalue weighted by Gasteiger charge is -2.16. The number of aromatic nitrogens is 4. The predicted octanol–water partition coefficient (Wildman–Crippen LogP) is 9.77. The zero-order valence-electron chi connectivity index (χ0n) is 21.1. The molecule has 0 aliphatic rings. The van der Waals surface area contributed by atoms with Gasteiger partial charge in [-0.3, -0.25) is 0 Å². The third kappa shape index (κ3) is 4.49. The van der Waals surface area contributed by atoms with Crippen LogP contribution in [0.15, 0.2) is 130 Å². The fraction of sp³-hybridized carbons (Fsp3) is 0. The molecule has 190 valence electrons. The summed E-state index contributed by atoms with van der Waals surface area (Å²) in [6, 6.07) is 40.5. The van der Waals surface area contributed by atoms with Crippen molar-refractivity contribution in [1.82, 2.24) is 19.9 Å². The standard InChI is InChI=1S/C34H20Br2N4/c35-25-20-24(34-32(22-13-5-2-6-14-22)38-28-16-8-10-18-30(28)40-34)26(36)19-23(25)33-31(21-11-3-1-4-12-21)37-27-15-7-9-17-29(27)39-33/h1-20H. The van der Waals surface area contributed by atoms with Crippen LogP contribution in [0.25, 0.3) is 67.1 Å². The molecule has 0 unspecified atom stereocenters. The van der Waals surface area contributed by atoms with Crippen molar-refractivity contribution < 1.29 is 0 Å². The second-order valence-corrected chi connectivity index (χ2v) is 11.1. The van der Waals surface area contributed by atoms with E-state index in [1.54, 1.807) is 0 Å². The maximum Gasteiger partial charge on any atom is 0.0984 e. The van der Waals surface area contributed by atoms with Gasteiger partial charge in [-0.2, -0.15) is 0 Å². The van der Waals surface area contributed by atoms with E-state index in [0.717, 1.165) is 76.0 Å². The minimum Gasteiger partial charge on any atom is -0.244 e.